The average Bonchev–Trinajstić information content (AvgIpc) is 2.73. The van der Waals surface area contributed by atoms with Gasteiger partial charge in [-0.15, -0.1) is 0 Å². The minimum atomic E-state index is -0.799. The summed E-state index contributed by atoms with van der Waals surface area (Å²) in [5, 5.41) is 19.7. The number of carboxylic acid groups (broad SMARTS) is 1. The summed E-state index contributed by atoms with van der Waals surface area (Å²) in [5.74, 6) is -0.799. The van der Waals surface area contributed by atoms with E-state index in [4.69, 9.17) is 5.11 Å². The number of nitrogens with zero attached hydrogens (tertiary/aromatic N) is 2. The van der Waals surface area contributed by atoms with Crippen molar-refractivity contribution < 1.29 is 14.8 Å². The Bertz CT molecular complexity index is 485. The molecule has 0 saturated carbocycles. The van der Waals surface area contributed by atoms with Crippen molar-refractivity contribution in [3.05, 3.63) is 34.4 Å². The molecular weight excluding hydrogens is 236 g/mol. The molecule has 96 valence electrons. The van der Waals surface area contributed by atoms with Gasteiger partial charge in [-0.05, 0) is 25.5 Å². The SMILES string of the molecule is CC1(C(=O)O)CCN(c2ccc([N+](=O)[O-])cc2)C1. The molecule has 0 amide bonds. The normalized spacial score (nSPS) is 23.1. The highest BCUT2D eigenvalue weighted by Crippen LogP contribution is 2.33. The molecule has 0 aromatic heterocycles. The summed E-state index contributed by atoms with van der Waals surface area (Å²) >= 11 is 0. The third-order valence-corrected chi connectivity index (χ3v) is 3.42. The zero-order valence-corrected chi connectivity index (χ0v) is 10.00. The summed E-state index contributed by atoms with van der Waals surface area (Å²) in [4.78, 5) is 23.2. The molecule has 1 atom stereocenters. The molecule has 18 heavy (non-hydrogen) atoms. The Morgan fingerprint density at radius 1 is 1.44 bits per heavy atom. The van der Waals surface area contributed by atoms with E-state index in [1.807, 2.05) is 4.90 Å². The summed E-state index contributed by atoms with van der Waals surface area (Å²) in [6, 6.07) is 6.19. The van der Waals surface area contributed by atoms with Crippen molar-refractivity contribution in [3.63, 3.8) is 0 Å². The van der Waals surface area contributed by atoms with Crippen molar-refractivity contribution in [2.75, 3.05) is 18.0 Å². The Morgan fingerprint density at radius 3 is 2.50 bits per heavy atom. The monoisotopic (exact) mass is 250 g/mol. The van der Waals surface area contributed by atoms with Gasteiger partial charge in [0.1, 0.15) is 0 Å². The van der Waals surface area contributed by atoms with Gasteiger partial charge in [-0.25, -0.2) is 0 Å². The van der Waals surface area contributed by atoms with Gasteiger partial charge in [0, 0.05) is 30.9 Å². The molecule has 1 aliphatic rings. The third kappa shape index (κ3) is 2.13. The maximum absolute atomic E-state index is 11.1. The van der Waals surface area contributed by atoms with Crippen LogP contribution in [-0.2, 0) is 4.79 Å². The summed E-state index contributed by atoms with van der Waals surface area (Å²) < 4.78 is 0. The Hall–Kier alpha value is -2.11. The van der Waals surface area contributed by atoms with Crippen molar-refractivity contribution in [1.82, 2.24) is 0 Å². The summed E-state index contributed by atoms with van der Waals surface area (Å²) in [6.45, 7) is 2.81. The number of aliphatic carboxylic acids is 1. The van der Waals surface area contributed by atoms with E-state index in [1.165, 1.54) is 12.1 Å². The first-order valence-corrected chi connectivity index (χ1v) is 5.65. The van der Waals surface area contributed by atoms with E-state index < -0.39 is 16.3 Å². The zero-order chi connectivity index (χ0) is 13.3. The van der Waals surface area contributed by atoms with Crippen LogP contribution in [0.1, 0.15) is 13.3 Å². The van der Waals surface area contributed by atoms with Gasteiger partial charge in [0.15, 0.2) is 0 Å². The molecule has 0 aliphatic carbocycles. The van der Waals surface area contributed by atoms with Crippen molar-refractivity contribution in [3.8, 4) is 0 Å². The zero-order valence-electron chi connectivity index (χ0n) is 10.00. The molecule has 6 nitrogen and oxygen atoms in total. The first kappa shape index (κ1) is 12.3. The van der Waals surface area contributed by atoms with Crippen molar-refractivity contribution in [2.24, 2.45) is 5.41 Å². The molecular formula is C12H14N2O4. The lowest BCUT2D eigenvalue weighted by Crippen LogP contribution is -2.31. The Morgan fingerprint density at radius 2 is 2.06 bits per heavy atom. The van der Waals surface area contributed by atoms with Crippen LogP contribution < -0.4 is 4.90 Å². The van der Waals surface area contributed by atoms with Crippen LogP contribution >= 0.6 is 0 Å². The molecule has 0 radical (unpaired) electrons. The number of nitro benzene ring substituents is 1. The van der Waals surface area contributed by atoms with Crippen LogP contribution in [0, 0.1) is 15.5 Å². The molecule has 0 bridgehead atoms. The fourth-order valence-corrected chi connectivity index (χ4v) is 2.14. The molecule has 0 spiro atoms. The van der Waals surface area contributed by atoms with Crippen molar-refractivity contribution in [1.29, 1.82) is 0 Å². The van der Waals surface area contributed by atoms with E-state index in [0.29, 0.717) is 19.5 Å². The smallest absolute Gasteiger partial charge is 0.311 e. The van der Waals surface area contributed by atoms with Crippen LogP contribution in [-0.4, -0.2) is 29.1 Å². The molecule has 1 saturated heterocycles. The fraction of sp³-hybridized carbons (Fsp3) is 0.417. The van der Waals surface area contributed by atoms with Crippen LogP contribution in [0.25, 0.3) is 0 Å². The lowest BCUT2D eigenvalue weighted by molar-refractivity contribution is -0.384. The lowest BCUT2D eigenvalue weighted by Gasteiger charge is -2.21. The van der Waals surface area contributed by atoms with Gasteiger partial charge < -0.3 is 10.0 Å². The second-order valence-electron chi connectivity index (χ2n) is 4.81. The number of hydrogen-bond donors (Lipinski definition) is 1. The van der Waals surface area contributed by atoms with E-state index in [0.717, 1.165) is 5.69 Å². The molecule has 1 aliphatic heterocycles. The van der Waals surface area contributed by atoms with Gasteiger partial charge in [0.05, 0.1) is 10.3 Å². The largest absolute Gasteiger partial charge is 0.481 e. The molecule has 1 N–H and O–H groups in total. The fourth-order valence-electron chi connectivity index (χ4n) is 2.14. The number of non-ortho nitro benzene ring substituents is 1. The van der Waals surface area contributed by atoms with Crippen LogP contribution in [0.3, 0.4) is 0 Å². The van der Waals surface area contributed by atoms with Crippen LogP contribution in [0.2, 0.25) is 0 Å². The summed E-state index contributed by atoms with van der Waals surface area (Å²) in [5.41, 5.74) is 0.131. The highest BCUT2D eigenvalue weighted by atomic mass is 16.6. The highest BCUT2D eigenvalue weighted by Gasteiger charge is 2.40. The maximum Gasteiger partial charge on any atom is 0.311 e. The molecule has 1 aromatic carbocycles. The minimum absolute atomic E-state index is 0.0407. The molecule has 1 fully saturated rings. The van der Waals surface area contributed by atoms with Gasteiger partial charge in [0.2, 0.25) is 0 Å². The molecule has 2 rings (SSSR count). The topological polar surface area (TPSA) is 83.7 Å². The second-order valence-corrected chi connectivity index (χ2v) is 4.81. The van der Waals surface area contributed by atoms with Crippen LogP contribution in [0.5, 0.6) is 0 Å². The lowest BCUT2D eigenvalue weighted by atomic mass is 9.90. The predicted octanol–water partition coefficient (Wildman–Crippen LogP) is 1.90. The molecule has 1 heterocycles. The first-order valence-electron chi connectivity index (χ1n) is 5.65. The van der Waals surface area contributed by atoms with Gasteiger partial charge in [-0.3, -0.25) is 14.9 Å². The molecule has 1 aromatic rings. The van der Waals surface area contributed by atoms with E-state index in [-0.39, 0.29) is 5.69 Å². The number of hydrogen-bond acceptors (Lipinski definition) is 4. The maximum atomic E-state index is 11.1. The molecule has 1 unspecified atom stereocenters. The van der Waals surface area contributed by atoms with Gasteiger partial charge in [-0.1, -0.05) is 0 Å². The predicted molar refractivity (Wildman–Crippen MR) is 65.7 cm³/mol. The quantitative estimate of drug-likeness (QED) is 0.654. The number of anilines is 1. The summed E-state index contributed by atoms with van der Waals surface area (Å²) in [6.07, 6.45) is 0.583. The third-order valence-electron chi connectivity index (χ3n) is 3.42. The van der Waals surface area contributed by atoms with E-state index >= 15 is 0 Å². The second kappa shape index (κ2) is 4.29. The highest BCUT2D eigenvalue weighted by molar-refractivity contribution is 5.76. The number of carboxylic acids is 1. The van der Waals surface area contributed by atoms with Gasteiger partial charge in [0.25, 0.3) is 5.69 Å². The number of rotatable bonds is 3. The van der Waals surface area contributed by atoms with E-state index in [1.54, 1.807) is 19.1 Å². The Kier molecular flexibility index (Phi) is 2.94. The molecule has 6 heteroatoms. The average molecular weight is 250 g/mol. The number of nitro groups is 1. The van der Waals surface area contributed by atoms with Gasteiger partial charge in [-0.2, -0.15) is 0 Å². The standard InChI is InChI=1S/C12H14N2O4/c1-12(11(15)16)6-7-13(8-12)9-2-4-10(5-3-9)14(17)18/h2-5H,6-8H2,1H3,(H,15,16). The number of carbonyl (C=O) groups is 1. The number of benzene rings is 1. The van der Waals surface area contributed by atoms with E-state index in [9.17, 15) is 14.9 Å². The minimum Gasteiger partial charge on any atom is -0.481 e. The Labute approximate surface area is 104 Å². The van der Waals surface area contributed by atoms with Crippen molar-refractivity contribution >= 4 is 17.3 Å². The van der Waals surface area contributed by atoms with Crippen molar-refractivity contribution in [2.45, 2.75) is 13.3 Å². The van der Waals surface area contributed by atoms with Crippen LogP contribution in [0.15, 0.2) is 24.3 Å². The Balaban J connectivity index is 2.15. The summed E-state index contributed by atoms with van der Waals surface area (Å²) in [7, 11) is 0. The first-order chi connectivity index (χ1) is 8.42. The van der Waals surface area contributed by atoms with Gasteiger partial charge >= 0.3 is 5.97 Å². The van der Waals surface area contributed by atoms with E-state index in [2.05, 4.69) is 0 Å². The van der Waals surface area contributed by atoms with Crippen LogP contribution in [0.4, 0.5) is 11.4 Å².